The fourth-order valence-electron chi connectivity index (χ4n) is 4.12. The molecule has 0 saturated carbocycles. The van der Waals surface area contributed by atoms with E-state index in [9.17, 15) is 9.90 Å². The van der Waals surface area contributed by atoms with E-state index in [4.69, 9.17) is 19.0 Å². The molecular weight excluding hydrogens is 408 g/mol. The summed E-state index contributed by atoms with van der Waals surface area (Å²) in [7, 11) is 0. The first-order valence-corrected chi connectivity index (χ1v) is 11.0. The maximum Gasteiger partial charge on any atom is 0.371 e. The van der Waals surface area contributed by atoms with E-state index in [1.807, 2.05) is 19.1 Å². The summed E-state index contributed by atoms with van der Waals surface area (Å²) in [5, 5.41) is 19.8. The van der Waals surface area contributed by atoms with Gasteiger partial charge < -0.3 is 24.1 Å². The van der Waals surface area contributed by atoms with Gasteiger partial charge in [0.1, 0.15) is 18.5 Å². The topological polar surface area (TPSA) is 89.1 Å². The first kappa shape index (κ1) is 23.9. The summed E-state index contributed by atoms with van der Waals surface area (Å²) < 4.78 is 16.7. The number of fused-ring (bicyclic) bond motifs is 1. The number of carboxylic acid groups (broad SMARTS) is 1. The van der Waals surface area contributed by atoms with Crippen molar-refractivity contribution in [1.82, 2.24) is 0 Å². The molecule has 6 nitrogen and oxygen atoms in total. The van der Waals surface area contributed by atoms with Crippen molar-refractivity contribution >= 4 is 5.97 Å². The van der Waals surface area contributed by atoms with Gasteiger partial charge >= 0.3 is 5.97 Å². The van der Waals surface area contributed by atoms with Gasteiger partial charge in [-0.2, -0.15) is 0 Å². The number of aromatic carboxylic acids is 1. The van der Waals surface area contributed by atoms with Gasteiger partial charge in [-0.05, 0) is 65.8 Å². The maximum absolute atomic E-state index is 11.0. The third kappa shape index (κ3) is 5.17. The Balaban J connectivity index is 1.99. The number of hydrogen-bond donors (Lipinski definition) is 2. The number of benzene rings is 1. The van der Waals surface area contributed by atoms with Crippen molar-refractivity contribution in [1.29, 1.82) is 0 Å². The molecule has 0 spiro atoms. The largest absolute Gasteiger partial charge is 0.491 e. The minimum absolute atomic E-state index is 0.0532. The third-order valence-corrected chi connectivity index (χ3v) is 6.06. The van der Waals surface area contributed by atoms with Crippen LogP contribution in [0, 0.1) is 11.8 Å². The van der Waals surface area contributed by atoms with Gasteiger partial charge in [0.05, 0.1) is 6.61 Å². The molecule has 1 heterocycles. The monoisotopic (exact) mass is 440 g/mol. The van der Waals surface area contributed by atoms with Crippen LogP contribution in [0.1, 0.15) is 86.6 Å². The second-order valence-corrected chi connectivity index (χ2v) is 9.40. The summed E-state index contributed by atoms with van der Waals surface area (Å²) >= 11 is 0. The average Bonchev–Trinajstić information content (AvgIpc) is 3.22. The van der Waals surface area contributed by atoms with Crippen LogP contribution in [0.4, 0.5) is 0 Å². The van der Waals surface area contributed by atoms with Gasteiger partial charge in [0, 0.05) is 12.2 Å². The molecule has 0 saturated heterocycles. The minimum Gasteiger partial charge on any atom is -0.491 e. The van der Waals surface area contributed by atoms with Gasteiger partial charge in [-0.1, -0.05) is 39.7 Å². The first-order valence-electron chi connectivity index (χ1n) is 11.0. The minimum atomic E-state index is -1.16. The Morgan fingerprint density at radius 2 is 1.88 bits per heavy atom. The molecule has 1 aliphatic carbocycles. The lowest BCUT2D eigenvalue weighted by atomic mass is 9.62. The Morgan fingerprint density at radius 1 is 1.16 bits per heavy atom. The van der Waals surface area contributed by atoms with E-state index in [2.05, 4.69) is 39.5 Å². The highest BCUT2D eigenvalue weighted by Crippen LogP contribution is 2.50. The van der Waals surface area contributed by atoms with Gasteiger partial charge in [-0.3, -0.25) is 0 Å². The molecule has 3 rings (SSSR count). The van der Waals surface area contributed by atoms with Crippen LogP contribution in [0.25, 0.3) is 0 Å². The molecule has 1 unspecified atom stereocenters. The molecule has 0 radical (unpaired) electrons. The Bertz CT molecular complexity index is 1030. The standard InChI is InChI=1S/C26H32O6/c1-6-30-13-14-31-22-16-17(15-19-23(22)26(4,5)12-11-25(19,2)3)20(27)9-7-18-8-10-21(32-18)24(28)29/h8,10,15-16,20,27H,6,11-14H2,1-5H3,(H,28,29). The van der Waals surface area contributed by atoms with E-state index < -0.39 is 12.1 Å². The van der Waals surface area contributed by atoms with Gasteiger partial charge in [-0.25, -0.2) is 4.79 Å². The molecule has 0 fully saturated rings. The molecule has 6 heteroatoms. The van der Waals surface area contributed by atoms with E-state index in [1.54, 1.807) is 0 Å². The fraction of sp³-hybridized carbons (Fsp3) is 0.500. The smallest absolute Gasteiger partial charge is 0.371 e. The lowest BCUT2D eigenvalue weighted by Gasteiger charge is -2.43. The lowest BCUT2D eigenvalue weighted by molar-refractivity contribution is 0.0662. The number of carbonyl (C=O) groups is 1. The average molecular weight is 441 g/mol. The van der Waals surface area contributed by atoms with Crippen LogP contribution in [0.15, 0.2) is 28.7 Å². The van der Waals surface area contributed by atoms with Crippen LogP contribution in [0.2, 0.25) is 0 Å². The van der Waals surface area contributed by atoms with Crippen molar-refractivity contribution in [3.63, 3.8) is 0 Å². The van der Waals surface area contributed by atoms with Crippen LogP contribution in [-0.2, 0) is 15.6 Å². The molecule has 2 N–H and O–H groups in total. The SMILES string of the molecule is CCOCCOc1cc(C(O)C#Cc2ccc(C(=O)O)o2)cc2c1C(C)(C)CCC2(C)C. The van der Waals surface area contributed by atoms with Crippen molar-refractivity contribution in [3.8, 4) is 17.6 Å². The van der Waals surface area contributed by atoms with E-state index >= 15 is 0 Å². The van der Waals surface area contributed by atoms with Crippen LogP contribution in [0.5, 0.6) is 5.75 Å². The summed E-state index contributed by atoms with van der Waals surface area (Å²) in [6.07, 6.45) is 0.996. The van der Waals surface area contributed by atoms with E-state index in [0.29, 0.717) is 25.4 Å². The van der Waals surface area contributed by atoms with Crippen molar-refractivity contribution < 1.29 is 28.9 Å². The number of aliphatic hydroxyl groups excluding tert-OH is 1. The van der Waals surface area contributed by atoms with E-state index in [1.165, 1.54) is 17.7 Å². The number of furan rings is 1. The molecule has 1 aliphatic rings. The van der Waals surface area contributed by atoms with E-state index in [-0.39, 0.29) is 22.4 Å². The predicted octanol–water partition coefficient (Wildman–Crippen LogP) is 4.83. The van der Waals surface area contributed by atoms with Gasteiger partial charge in [0.25, 0.3) is 0 Å². The molecule has 2 aromatic rings. The molecule has 1 atom stereocenters. The van der Waals surface area contributed by atoms with Crippen LogP contribution in [0.3, 0.4) is 0 Å². The molecule has 32 heavy (non-hydrogen) atoms. The number of rotatable bonds is 7. The summed E-state index contributed by atoms with van der Waals surface area (Å²) in [6.45, 7) is 12.4. The zero-order valence-electron chi connectivity index (χ0n) is 19.4. The summed E-state index contributed by atoms with van der Waals surface area (Å²) in [5.41, 5.74) is 2.85. The predicted molar refractivity (Wildman–Crippen MR) is 121 cm³/mol. The molecule has 172 valence electrons. The summed E-state index contributed by atoms with van der Waals surface area (Å²) in [6, 6.07) is 6.70. The van der Waals surface area contributed by atoms with Gasteiger partial charge in [0.2, 0.25) is 5.76 Å². The second kappa shape index (κ2) is 9.40. The van der Waals surface area contributed by atoms with Crippen molar-refractivity contribution in [3.05, 3.63) is 52.5 Å². The number of ether oxygens (including phenoxy) is 2. The number of carboxylic acids is 1. The fourth-order valence-corrected chi connectivity index (χ4v) is 4.12. The first-order chi connectivity index (χ1) is 15.0. The Morgan fingerprint density at radius 3 is 2.53 bits per heavy atom. The van der Waals surface area contributed by atoms with Gasteiger partial charge in [-0.15, -0.1) is 0 Å². The van der Waals surface area contributed by atoms with E-state index in [0.717, 1.165) is 24.2 Å². The molecule has 1 aromatic carbocycles. The van der Waals surface area contributed by atoms with Gasteiger partial charge in [0.15, 0.2) is 5.76 Å². The van der Waals surface area contributed by atoms with Crippen molar-refractivity contribution in [2.45, 2.75) is 64.4 Å². The van der Waals surface area contributed by atoms with Crippen molar-refractivity contribution in [2.24, 2.45) is 0 Å². The third-order valence-electron chi connectivity index (χ3n) is 6.06. The van der Waals surface area contributed by atoms with Crippen LogP contribution in [-0.4, -0.2) is 36.0 Å². The van der Waals surface area contributed by atoms with Crippen LogP contribution < -0.4 is 4.74 Å². The zero-order valence-corrected chi connectivity index (χ0v) is 19.4. The highest BCUT2D eigenvalue weighted by atomic mass is 16.5. The highest BCUT2D eigenvalue weighted by Gasteiger charge is 2.40. The maximum atomic E-state index is 11.0. The summed E-state index contributed by atoms with van der Waals surface area (Å²) in [5.74, 6) is 5.08. The number of hydrogen-bond acceptors (Lipinski definition) is 5. The molecule has 1 aromatic heterocycles. The molecular formula is C26H32O6. The molecule has 0 aliphatic heterocycles. The molecule has 0 amide bonds. The second-order valence-electron chi connectivity index (χ2n) is 9.40. The highest BCUT2D eigenvalue weighted by molar-refractivity contribution is 5.84. The lowest BCUT2D eigenvalue weighted by Crippen LogP contribution is -2.34. The Hall–Kier alpha value is -2.75. The summed E-state index contributed by atoms with van der Waals surface area (Å²) in [4.78, 5) is 11.0. The zero-order chi connectivity index (χ0) is 23.5. The number of aliphatic hydroxyl groups is 1. The van der Waals surface area contributed by atoms with Crippen molar-refractivity contribution in [2.75, 3.05) is 19.8 Å². The Kier molecular flexibility index (Phi) is 7.02. The Labute approximate surface area is 189 Å². The quantitative estimate of drug-likeness (QED) is 0.474. The molecule has 0 bridgehead atoms. The normalized spacial score (nSPS) is 17.1. The van der Waals surface area contributed by atoms with Crippen LogP contribution >= 0.6 is 0 Å².